The second kappa shape index (κ2) is 7.42. The van der Waals surface area contributed by atoms with Gasteiger partial charge in [-0.3, -0.25) is 14.6 Å². The van der Waals surface area contributed by atoms with Crippen molar-refractivity contribution in [3.05, 3.63) is 21.6 Å². The number of hydrogen-bond donors (Lipinski definition) is 2. The smallest absolute Gasteiger partial charge is 0.311 e. The fraction of sp³-hybridized carbons (Fsp3) is 0.688. The van der Waals surface area contributed by atoms with Crippen molar-refractivity contribution in [1.29, 1.82) is 0 Å². The molecule has 1 saturated heterocycles. The number of aryl methyl sites for hydroxylation is 1. The summed E-state index contributed by atoms with van der Waals surface area (Å²) in [7, 11) is 0. The van der Waals surface area contributed by atoms with E-state index >= 15 is 0 Å². The predicted octanol–water partition coefficient (Wildman–Crippen LogP) is 2.29. The second-order valence-electron chi connectivity index (χ2n) is 5.83. The van der Waals surface area contributed by atoms with Gasteiger partial charge in [-0.25, -0.2) is 4.98 Å². The summed E-state index contributed by atoms with van der Waals surface area (Å²) in [6, 6.07) is 0. The van der Waals surface area contributed by atoms with Gasteiger partial charge in [-0.15, -0.1) is 0 Å². The highest BCUT2D eigenvalue weighted by atomic mass is 16.4. The van der Waals surface area contributed by atoms with Crippen LogP contribution < -0.4 is 10.5 Å². The maximum absolute atomic E-state index is 12.5. The fourth-order valence-electron chi connectivity index (χ4n) is 3.08. The van der Waals surface area contributed by atoms with E-state index in [1.54, 1.807) is 0 Å². The van der Waals surface area contributed by atoms with E-state index in [0.29, 0.717) is 36.5 Å². The first-order valence-corrected chi connectivity index (χ1v) is 8.19. The molecule has 0 saturated carbocycles. The predicted molar refractivity (Wildman–Crippen MR) is 85.6 cm³/mol. The molecule has 1 fully saturated rings. The maximum Gasteiger partial charge on any atom is 0.311 e. The average molecular weight is 307 g/mol. The van der Waals surface area contributed by atoms with Gasteiger partial charge in [-0.1, -0.05) is 20.3 Å². The normalized spacial score (nSPS) is 16.5. The molecule has 1 aromatic rings. The van der Waals surface area contributed by atoms with Gasteiger partial charge in [-0.05, 0) is 32.1 Å². The number of aromatic amines is 1. The van der Waals surface area contributed by atoms with Crippen molar-refractivity contribution in [2.24, 2.45) is 0 Å². The van der Waals surface area contributed by atoms with E-state index in [1.807, 2.05) is 13.8 Å². The zero-order valence-electron chi connectivity index (χ0n) is 13.4. The van der Waals surface area contributed by atoms with Crippen molar-refractivity contribution in [2.75, 3.05) is 18.0 Å². The molecule has 1 unspecified atom stereocenters. The molecule has 2 N–H and O–H groups in total. The Hall–Kier alpha value is -1.85. The minimum Gasteiger partial charge on any atom is -0.481 e. The van der Waals surface area contributed by atoms with Crippen molar-refractivity contribution >= 4 is 11.9 Å². The van der Waals surface area contributed by atoms with Crippen molar-refractivity contribution < 1.29 is 9.90 Å². The SMILES string of the molecule is CCCC(C(=O)O)c1c(CC)nc(N2CCCCC2)[nH]c1=O. The summed E-state index contributed by atoms with van der Waals surface area (Å²) in [6.07, 6.45) is 5.13. The van der Waals surface area contributed by atoms with Crippen LogP contribution in [-0.4, -0.2) is 34.1 Å². The standard InChI is InChI=1S/C16H25N3O3/c1-3-8-11(15(21)22)13-12(4-2)17-16(18-14(13)20)19-9-6-5-7-10-19/h11H,3-10H2,1-2H3,(H,21,22)(H,17,18,20). The van der Waals surface area contributed by atoms with Gasteiger partial charge < -0.3 is 10.0 Å². The van der Waals surface area contributed by atoms with Crippen molar-refractivity contribution in [3.8, 4) is 0 Å². The van der Waals surface area contributed by atoms with E-state index in [0.717, 1.165) is 25.9 Å². The zero-order valence-corrected chi connectivity index (χ0v) is 13.4. The molecule has 6 heteroatoms. The molecular formula is C16H25N3O3. The molecule has 6 nitrogen and oxygen atoms in total. The van der Waals surface area contributed by atoms with Crippen LogP contribution in [0.3, 0.4) is 0 Å². The topological polar surface area (TPSA) is 86.3 Å². The molecule has 1 aliphatic heterocycles. The molecule has 1 atom stereocenters. The first-order chi connectivity index (χ1) is 10.6. The Morgan fingerprint density at radius 2 is 2.00 bits per heavy atom. The number of nitrogens with zero attached hydrogens (tertiary/aromatic N) is 2. The lowest BCUT2D eigenvalue weighted by molar-refractivity contribution is -0.139. The lowest BCUT2D eigenvalue weighted by Crippen LogP contribution is -2.34. The summed E-state index contributed by atoms with van der Waals surface area (Å²) >= 11 is 0. The minimum absolute atomic E-state index is 0.298. The van der Waals surface area contributed by atoms with E-state index in [4.69, 9.17) is 0 Å². The van der Waals surface area contributed by atoms with Crippen molar-refractivity contribution in [1.82, 2.24) is 9.97 Å². The third kappa shape index (κ3) is 3.48. The highest BCUT2D eigenvalue weighted by Crippen LogP contribution is 2.23. The van der Waals surface area contributed by atoms with Crippen LogP contribution >= 0.6 is 0 Å². The number of nitrogens with one attached hydrogen (secondary N) is 1. The zero-order chi connectivity index (χ0) is 16.1. The van der Waals surface area contributed by atoms with Crippen LogP contribution in [0, 0.1) is 0 Å². The number of carboxylic acid groups (broad SMARTS) is 1. The Labute approximate surface area is 130 Å². The molecule has 0 radical (unpaired) electrons. The summed E-state index contributed by atoms with van der Waals surface area (Å²) in [5.74, 6) is -1.13. The molecule has 2 rings (SSSR count). The Morgan fingerprint density at radius 1 is 1.32 bits per heavy atom. The van der Waals surface area contributed by atoms with Crippen LogP contribution in [-0.2, 0) is 11.2 Å². The summed E-state index contributed by atoms with van der Waals surface area (Å²) in [4.78, 5) is 33.5. The van der Waals surface area contributed by atoms with E-state index < -0.39 is 11.9 Å². The van der Waals surface area contributed by atoms with Gasteiger partial charge in [0.25, 0.3) is 5.56 Å². The van der Waals surface area contributed by atoms with Gasteiger partial charge in [0.05, 0.1) is 17.2 Å². The number of carboxylic acids is 1. The van der Waals surface area contributed by atoms with E-state index in [1.165, 1.54) is 6.42 Å². The lowest BCUT2D eigenvalue weighted by Gasteiger charge is -2.28. The van der Waals surface area contributed by atoms with E-state index in [2.05, 4.69) is 14.9 Å². The molecule has 22 heavy (non-hydrogen) atoms. The average Bonchev–Trinajstić information content (AvgIpc) is 2.53. The number of piperidine rings is 1. The lowest BCUT2D eigenvalue weighted by atomic mass is 9.93. The highest BCUT2D eigenvalue weighted by Gasteiger charge is 2.27. The van der Waals surface area contributed by atoms with Gasteiger partial charge in [0.1, 0.15) is 0 Å². The Bertz CT molecular complexity index is 576. The monoisotopic (exact) mass is 307 g/mol. The van der Waals surface area contributed by atoms with Gasteiger partial charge in [0.2, 0.25) is 5.95 Å². The summed E-state index contributed by atoms with van der Waals surface area (Å²) < 4.78 is 0. The maximum atomic E-state index is 12.5. The fourth-order valence-corrected chi connectivity index (χ4v) is 3.08. The van der Waals surface area contributed by atoms with Crippen molar-refractivity contribution in [3.63, 3.8) is 0 Å². The van der Waals surface area contributed by atoms with E-state index in [9.17, 15) is 14.7 Å². The number of hydrogen-bond acceptors (Lipinski definition) is 4. The minimum atomic E-state index is -0.949. The van der Waals surface area contributed by atoms with E-state index in [-0.39, 0.29) is 5.56 Å². The molecule has 1 aliphatic rings. The molecule has 2 heterocycles. The largest absolute Gasteiger partial charge is 0.481 e. The second-order valence-corrected chi connectivity index (χ2v) is 5.83. The Morgan fingerprint density at radius 3 is 2.55 bits per heavy atom. The van der Waals surface area contributed by atoms with Gasteiger partial charge in [0.15, 0.2) is 0 Å². The third-order valence-corrected chi connectivity index (χ3v) is 4.24. The van der Waals surface area contributed by atoms with Crippen LogP contribution in [0.25, 0.3) is 0 Å². The van der Waals surface area contributed by atoms with Crippen molar-refractivity contribution in [2.45, 2.75) is 58.3 Å². The number of carbonyl (C=O) groups is 1. The van der Waals surface area contributed by atoms with Crippen LogP contribution in [0.15, 0.2) is 4.79 Å². The number of aromatic nitrogens is 2. The molecule has 0 amide bonds. The first kappa shape index (κ1) is 16.5. The van der Waals surface area contributed by atoms with Gasteiger partial charge >= 0.3 is 5.97 Å². The molecule has 1 aromatic heterocycles. The Kier molecular flexibility index (Phi) is 5.57. The third-order valence-electron chi connectivity index (χ3n) is 4.24. The number of rotatable bonds is 6. The van der Waals surface area contributed by atoms with Crippen LogP contribution in [0.5, 0.6) is 0 Å². The number of H-pyrrole nitrogens is 1. The number of anilines is 1. The van der Waals surface area contributed by atoms with Crippen LogP contribution in [0.4, 0.5) is 5.95 Å². The number of aliphatic carboxylic acids is 1. The molecule has 122 valence electrons. The summed E-state index contributed by atoms with van der Waals surface area (Å²) in [6.45, 7) is 5.62. The first-order valence-electron chi connectivity index (χ1n) is 8.19. The highest BCUT2D eigenvalue weighted by molar-refractivity contribution is 5.76. The molecule has 0 bridgehead atoms. The van der Waals surface area contributed by atoms with Gasteiger partial charge in [-0.2, -0.15) is 0 Å². The molecule has 0 aromatic carbocycles. The molecule has 0 aliphatic carbocycles. The molecule has 0 spiro atoms. The van der Waals surface area contributed by atoms with Crippen LogP contribution in [0.2, 0.25) is 0 Å². The van der Waals surface area contributed by atoms with Crippen LogP contribution in [0.1, 0.15) is 63.1 Å². The van der Waals surface area contributed by atoms with Gasteiger partial charge in [0, 0.05) is 13.1 Å². The summed E-state index contributed by atoms with van der Waals surface area (Å²) in [5, 5.41) is 9.43. The Balaban J connectivity index is 2.42. The summed E-state index contributed by atoms with van der Waals surface area (Å²) in [5.41, 5.74) is 0.649. The molecular weight excluding hydrogens is 282 g/mol. The quantitative estimate of drug-likeness (QED) is 0.842.